The number of hydrogen-bond acceptors (Lipinski definition) is 6. The monoisotopic (exact) mass is 425 g/mol. The van der Waals surface area contributed by atoms with Gasteiger partial charge in [-0.1, -0.05) is 13.8 Å². The Morgan fingerprint density at radius 1 is 1.10 bits per heavy atom. The minimum atomic E-state index is -3.61. The molecule has 1 fully saturated rings. The van der Waals surface area contributed by atoms with Gasteiger partial charge in [0.15, 0.2) is 6.61 Å². The molecule has 29 heavy (non-hydrogen) atoms. The summed E-state index contributed by atoms with van der Waals surface area (Å²) < 4.78 is 31.2. The lowest BCUT2D eigenvalue weighted by molar-refractivity contribution is -0.137. The minimum absolute atomic E-state index is 0.0789. The van der Waals surface area contributed by atoms with Crippen LogP contribution in [0, 0.1) is 0 Å². The van der Waals surface area contributed by atoms with Crippen molar-refractivity contribution in [2.75, 3.05) is 33.3 Å². The molecule has 9 nitrogen and oxygen atoms in total. The Morgan fingerprint density at radius 3 is 2.21 bits per heavy atom. The van der Waals surface area contributed by atoms with Crippen LogP contribution in [0.1, 0.15) is 37.0 Å². The Balaban J connectivity index is 1.88. The molecule has 10 heteroatoms. The maximum Gasteiger partial charge on any atom is 0.338 e. The van der Waals surface area contributed by atoms with Crippen molar-refractivity contribution in [3.63, 3.8) is 0 Å². The molecule has 0 bridgehead atoms. The molecule has 0 saturated heterocycles. The highest BCUT2D eigenvalue weighted by Crippen LogP contribution is 2.18. The number of rotatable bonds is 10. The predicted octanol–water partition coefficient (Wildman–Crippen LogP) is 0.611. The van der Waals surface area contributed by atoms with Gasteiger partial charge in [-0.2, -0.15) is 4.31 Å². The van der Waals surface area contributed by atoms with Crippen molar-refractivity contribution >= 4 is 27.8 Å². The van der Waals surface area contributed by atoms with Gasteiger partial charge in [0.1, 0.15) is 0 Å². The number of hydrogen-bond donors (Lipinski definition) is 1. The number of carbonyl (C=O) groups is 3. The van der Waals surface area contributed by atoms with Crippen molar-refractivity contribution in [3.05, 3.63) is 29.8 Å². The lowest BCUT2D eigenvalue weighted by Crippen LogP contribution is -2.40. The Hall–Kier alpha value is -2.46. The van der Waals surface area contributed by atoms with Gasteiger partial charge < -0.3 is 15.0 Å². The van der Waals surface area contributed by atoms with E-state index in [1.54, 1.807) is 13.8 Å². The first-order valence-corrected chi connectivity index (χ1v) is 10.9. The van der Waals surface area contributed by atoms with Crippen molar-refractivity contribution in [1.82, 2.24) is 14.5 Å². The van der Waals surface area contributed by atoms with E-state index in [9.17, 15) is 22.8 Å². The molecule has 1 aromatic rings. The fourth-order valence-electron chi connectivity index (χ4n) is 2.60. The molecule has 0 unspecified atom stereocenters. The fourth-order valence-corrected chi connectivity index (χ4v) is 4.06. The van der Waals surface area contributed by atoms with E-state index in [0.29, 0.717) is 13.1 Å². The summed E-state index contributed by atoms with van der Waals surface area (Å²) in [6.07, 6.45) is 1.91. The molecular formula is C19H27N3O6S. The lowest BCUT2D eigenvalue weighted by atomic mass is 10.2. The van der Waals surface area contributed by atoms with E-state index in [1.165, 1.54) is 40.5 Å². The van der Waals surface area contributed by atoms with E-state index in [1.807, 2.05) is 0 Å². The molecule has 0 atom stereocenters. The molecule has 1 aromatic carbocycles. The zero-order chi connectivity index (χ0) is 21.6. The second-order valence-electron chi connectivity index (χ2n) is 6.78. The third kappa shape index (κ3) is 6.26. The summed E-state index contributed by atoms with van der Waals surface area (Å²) in [5.41, 5.74) is 0.130. The van der Waals surface area contributed by atoms with Crippen LogP contribution in [0.15, 0.2) is 29.2 Å². The van der Waals surface area contributed by atoms with E-state index in [-0.39, 0.29) is 29.0 Å². The number of amides is 2. The standard InChI is InChI=1S/C19H27N3O6S/c1-4-22(5-2)29(26,27)16-10-6-14(7-11-16)19(25)28-13-18(24)21(3)12-17(23)20-15-8-9-15/h6-7,10-11,15H,4-5,8-9,12-13H2,1-3H3,(H,20,23). The molecule has 1 aliphatic rings. The third-order valence-corrected chi connectivity index (χ3v) is 6.57. The number of benzene rings is 1. The third-order valence-electron chi connectivity index (χ3n) is 4.51. The van der Waals surface area contributed by atoms with Crippen LogP contribution < -0.4 is 5.32 Å². The van der Waals surface area contributed by atoms with Gasteiger partial charge in [0.25, 0.3) is 5.91 Å². The minimum Gasteiger partial charge on any atom is -0.452 e. The van der Waals surface area contributed by atoms with Crippen LogP contribution in [0.25, 0.3) is 0 Å². The molecule has 0 heterocycles. The van der Waals surface area contributed by atoms with E-state index >= 15 is 0 Å². The normalized spacial score (nSPS) is 13.8. The van der Waals surface area contributed by atoms with Crippen LogP contribution >= 0.6 is 0 Å². The summed E-state index contributed by atoms with van der Waals surface area (Å²) >= 11 is 0. The smallest absolute Gasteiger partial charge is 0.338 e. The highest BCUT2D eigenvalue weighted by atomic mass is 32.2. The van der Waals surface area contributed by atoms with Crippen molar-refractivity contribution in [3.8, 4) is 0 Å². The van der Waals surface area contributed by atoms with Crippen molar-refractivity contribution < 1.29 is 27.5 Å². The number of ether oxygens (including phenoxy) is 1. The topological polar surface area (TPSA) is 113 Å². The summed E-state index contributed by atoms with van der Waals surface area (Å²) in [4.78, 5) is 37.1. The molecule has 0 radical (unpaired) electrons. The van der Waals surface area contributed by atoms with Crippen LogP contribution in [0.2, 0.25) is 0 Å². The molecule has 1 N–H and O–H groups in total. The number of nitrogens with one attached hydrogen (secondary N) is 1. The predicted molar refractivity (Wildman–Crippen MR) is 106 cm³/mol. The molecule has 2 amide bonds. The SMILES string of the molecule is CCN(CC)S(=O)(=O)c1ccc(C(=O)OCC(=O)N(C)CC(=O)NC2CC2)cc1. The molecule has 1 aliphatic carbocycles. The average Bonchev–Trinajstić information content (AvgIpc) is 3.50. The second-order valence-corrected chi connectivity index (χ2v) is 8.72. The first kappa shape index (κ1) is 22.8. The Bertz CT molecular complexity index is 845. The number of sulfonamides is 1. The zero-order valence-corrected chi connectivity index (χ0v) is 17.7. The molecule has 0 aromatic heterocycles. The number of likely N-dealkylation sites (N-methyl/N-ethyl adjacent to an activating group) is 1. The largest absolute Gasteiger partial charge is 0.452 e. The highest BCUT2D eigenvalue weighted by Gasteiger charge is 2.25. The van der Waals surface area contributed by atoms with E-state index in [2.05, 4.69) is 5.32 Å². The maximum atomic E-state index is 12.5. The van der Waals surface area contributed by atoms with Gasteiger partial charge >= 0.3 is 5.97 Å². The summed E-state index contributed by atoms with van der Waals surface area (Å²) in [6.45, 7) is 3.57. The van der Waals surface area contributed by atoms with E-state index in [0.717, 1.165) is 12.8 Å². The van der Waals surface area contributed by atoms with Gasteiger partial charge in [0.2, 0.25) is 15.9 Å². The quantitative estimate of drug-likeness (QED) is 0.550. The van der Waals surface area contributed by atoms with Crippen LogP contribution in [0.5, 0.6) is 0 Å². The molecule has 0 spiro atoms. The zero-order valence-electron chi connectivity index (χ0n) is 16.9. The summed E-state index contributed by atoms with van der Waals surface area (Å²) in [5, 5.41) is 2.77. The molecular weight excluding hydrogens is 398 g/mol. The summed E-state index contributed by atoms with van der Waals surface area (Å²) in [6, 6.07) is 5.56. The first-order chi connectivity index (χ1) is 13.7. The van der Waals surface area contributed by atoms with Gasteiger partial charge in [-0.05, 0) is 37.1 Å². The van der Waals surface area contributed by atoms with Crippen LogP contribution in [0.4, 0.5) is 0 Å². The first-order valence-electron chi connectivity index (χ1n) is 9.49. The van der Waals surface area contributed by atoms with E-state index in [4.69, 9.17) is 4.74 Å². The van der Waals surface area contributed by atoms with Crippen molar-refractivity contribution in [1.29, 1.82) is 0 Å². The molecule has 1 saturated carbocycles. The van der Waals surface area contributed by atoms with Crippen LogP contribution in [-0.2, 0) is 24.3 Å². The average molecular weight is 426 g/mol. The highest BCUT2D eigenvalue weighted by molar-refractivity contribution is 7.89. The lowest BCUT2D eigenvalue weighted by Gasteiger charge is -2.18. The van der Waals surface area contributed by atoms with Crippen LogP contribution in [-0.4, -0.2) is 74.7 Å². The molecule has 2 rings (SSSR count). The van der Waals surface area contributed by atoms with Gasteiger partial charge in [0.05, 0.1) is 17.0 Å². The number of esters is 1. The van der Waals surface area contributed by atoms with Crippen molar-refractivity contribution in [2.24, 2.45) is 0 Å². The fraction of sp³-hybridized carbons (Fsp3) is 0.526. The van der Waals surface area contributed by atoms with Crippen molar-refractivity contribution in [2.45, 2.75) is 37.6 Å². The number of nitrogens with zero attached hydrogens (tertiary/aromatic N) is 2. The van der Waals surface area contributed by atoms with E-state index < -0.39 is 28.5 Å². The van der Waals surface area contributed by atoms with Crippen LogP contribution in [0.3, 0.4) is 0 Å². The summed E-state index contributed by atoms with van der Waals surface area (Å²) in [7, 11) is -2.16. The summed E-state index contributed by atoms with van der Waals surface area (Å²) in [5.74, 6) is -1.51. The van der Waals surface area contributed by atoms with Gasteiger partial charge in [-0.3, -0.25) is 9.59 Å². The Morgan fingerprint density at radius 2 is 1.69 bits per heavy atom. The Kier molecular flexibility index (Phi) is 7.74. The molecule has 160 valence electrons. The Labute approximate surface area is 171 Å². The van der Waals surface area contributed by atoms with Gasteiger partial charge in [-0.15, -0.1) is 0 Å². The van der Waals surface area contributed by atoms with Gasteiger partial charge in [-0.25, -0.2) is 13.2 Å². The van der Waals surface area contributed by atoms with Gasteiger partial charge in [0, 0.05) is 26.2 Å². The maximum absolute atomic E-state index is 12.5. The molecule has 0 aliphatic heterocycles. The second kappa shape index (κ2) is 9.84. The number of carbonyl (C=O) groups excluding carboxylic acids is 3.